The summed E-state index contributed by atoms with van der Waals surface area (Å²) in [5, 5.41) is 24.4. The number of phenols is 1. The van der Waals surface area contributed by atoms with Gasteiger partial charge in [0.15, 0.2) is 11.3 Å². The van der Waals surface area contributed by atoms with Gasteiger partial charge in [-0.3, -0.25) is 4.79 Å². The maximum absolute atomic E-state index is 12.9. The van der Waals surface area contributed by atoms with E-state index in [-0.39, 0.29) is 28.9 Å². The Balaban J connectivity index is 1.86. The minimum atomic E-state index is -0.942. The molecule has 2 N–H and O–H groups in total. The first-order valence-electron chi connectivity index (χ1n) is 8.17. The van der Waals surface area contributed by atoms with Crippen LogP contribution in [0, 0.1) is 6.92 Å². The number of aliphatic hydroxyl groups is 1. The Morgan fingerprint density at radius 3 is 2.88 bits per heavy atom. The van der Waals surface area contributed by atoms with Gasteiger partial charge in [-0.15, -0.1) is 0 Å². The summed E-state index contributed by atoms with van der Waals surface area (Å²) in [6.07, 6.45) is 2.45. The second kappa shape index (κ2) is 7.31. The smallest absolute Gasteiger partial charge is 0.276 e. The molecule has 0 aliphatic carbocycles. The molecule has 26 heavy (non-hydrogen) atoms. The van der Waals surface area contributed by atoms with Crippen molar-refractivity contribution in [2.45, 2.75) is 20.0 Å². The number of hydrogen-bond donors (Lipinski definition) is 2. The molecule has 0 radical (unpaired) electrons. The van der Waals surface area contributed by atoms with Gasteiger partial charge in [0, 0.05) is 18.9 Å². The molecule has 0 saturated heterocycles. The maximum Gasteiger partial charge on any atom is 0.276 e. The molecule has 3 aromatic rings. The quantitative estimate of drug-likeness (QED) is 0.716. The SMILES string of the molecule is CCN(C[C@@H](O)c1cccc(O)c1)C(=O)c1nn2cc(C)cnc2c1Cl. The summed E-state index contributed by atoms with van der Waals surface area (Å²) < 4.78 is 1.48. The van der Waals surface area contributed by atoms with Crippen LogP contribution in [0.15, 0.2) is 36.7 Å². The highest BCUT2D eigenvalue weighted by atomic mass is 35.5. The van der Waals surface area contributed by atoms with E-state index in [0.29, 0.717) is 17.8 Å². The number of carbonyl (C=O) groups excluding carboxylic acids is 1. The summed E-state index contributed by atoms with van der Waals surface area (Å²) in [6, 6.07) is 6.31. The first kappa shape index (κ1) is 18.2. The normalized spacial score (nSPS) is 12.3. The zero-order chi connectivity index (χ0) is 18.8. The minimum Gasteiger partial charge on any atom is -0.508 e. The number of likely N-dealkylation sites (N-methyl/N-ethyl adjacent to an activating group) is 1. The number of phenolic OH excluding ortho intramolecular Hbond substituents is 1. The van der Waals surface area contributed by atoms with Crippen molar-refractivity contribution in [1.82, 2.24) is 19.5 Å². The molecular formula is C18H19ClN4O3. The second-order valence-corrected chi connectivity index (χ2v) is 6.39. The van der Waals surface area contributed by atoms with Crippen LogP contribution in [0.4, 0.5) is 0 Å². The van der Waals surface area contributed by atoms with Crippen molar-refractivity contribution in [3.63, 3.8) is 0 Å². The van der Waals surface area contributed by atoms with Crippen molar-refractivity contribution in [3.05, 3.63) is 58.5 Å². The van der Waals surface area contributed by atoms with Crippen LogP contribution in [-0.2, 0) is 0 Å². The van der Waals surface area contributed by atoms with Gasteiger partial charge < -0.3 is 15.1 Å². The lowest BCUT2D eigenvalue weighted by molar-refractivity contribution is 0.0629. The number of aromatic hydroxyl groups is 1. The van der Waals surface area contributed by atoms with Gasteiger partial charge in [0.2, 0.25) is 0 Å². The fraction of sp³-hybridized carbons (Fsp3) is 0.278. The number of nitrogens with zero attached hydrogens (tertiary/aromatic N) is 4. The van der Waals surface area contributed by atoms with Crippen LogP contribution >= 0.6 is 11.6 Å². The van der Waals surface area contributed by atoms with E-state index in [9.17, 15) is 15.0 Å². The number of carbonyl (C=O) groups is 1. The fourth-order valence-corrected chi connectivity index (χ4v) is 2.94. The van der Waals surface area contributed by atoms with Gasteiger partial charge in [0.1, 0.15) is 10.8 Å². The molecular weight excluding hydrogens is 356 g/mol. The van der Waals surface area contributed by atoms with Gasteiger partial charge in [-0.05, 0) is 37.1 Å². The molecule has 2 aromatic heterocycles. The molecule has 3 rings (SSSR count). The minimum absolute atomic E-state index is 0.0510. The van der Waals surface area contributed by atoms with Crippen molar-refractivity contribution < 1.29 is 15.0 Å². The average Bonchev–Trinajstić information content (AvgIpc) is 2.94. The van der Waals surface area contributed by atoms with E-state index >= 15 is 0 Å². The Hall–Kier alpha value is -2.64. The Morgan fingerprint density at radius 2 is 2.19 bits per heavy atom. The van der Waals surface area contributed by atoms with Crippen LogP contribution < -0.4 is 0 Å². The molecule has 0 aliphatic heterocycles. The number of rotatable bonds is 5. The van der Waals surface area contributed by atoms with Crippen molar-refractivity contribution in [2.75, 3.05) is 13.1 Å². The van der Waals surface area contributed by atoms with E-state index in [0.717, 1.165) is 5.56 Å². The zero-order valence-electron chi connectivity index (χ0n) is 14.4. The van der Waals surface area contributed by atoms with Crippen molar-refractivity contribution in [2.24, 2.45) is 0 Å². The van der Waals surface area contributed by atoms with Crippen LogP contribution in [0.3, 0.4) is 0 Å². The van der Waals surface area contributed by atoms with Gasteiger partial charge in [-0.2, -0.15) is 5.10 Å². The zero-order valence-corrected chi connectivity index (χ0v) is 15.2. The van der Waals surface area contributed by atoms with E-state index in [1.54, 1.807) is 31.5 Å². The van der Waals surface area contributed by atoms with E-state index in [2.05, 4.69) is 10.1 Å². The third-order valence-corrected chi connectivity index (χ3v) is 4.41. The monoisotopic (exact) mass is 374 g/mol. The van der Waals surface area contributed by atoms with Crippen LogP contribution in [0.25, 0.3) is 5.65 Å². The molecule has 0 spiro atoms. The van der Waals surface area contributed by atoms with E-state index in [1.165, 1.54) is 21.5 Å². The third kappa shape index (κ3) is 3.49. The van der Waals surface area contributed by atoms with Crippen LogP contribution in [0.2, 0.25) is 5.02 Å². The standard InChI is InChI=1S/C18H19ClN4O3/c1-3-22(10-14(25)12-5-4-6-13(24)7-12)18(26)16-15(19)17-20-8-11(2)9-23(17)21-16/h4-9,14,24-25H,3,10H2,1-2H3/t14-/m1/s1. The molecule has 0 fully saturated rings. The number of benzene rings is 1. The molecule has 1 amide bonds. The summed E-state index contributed by atoms with van der Waals surface area (Å²) in [6.45, 7) is 4.09. The Bertz CT molecular complexity index is 957. The lowest BCUT2D eigenvalue weighted by atomic mass is 10.1. The lowest BCUT2D eigenvalue weighted by Gasteiger charge is -2.23. The predicted molar refractivity (Wildman–Crippen MR) is 97.4 cm³/mol. The van der Waals surface area contributed by atoms with Gasteiger partial charge in [-0.1, -0.05) is 23.7 Å². The Kier molecular flexibility index (Phi) is 5.11. The molecule has 0 unspecified atom stereocenters. The first-order valence-corrected chi connectivity index (χ1v) is 8.55. The topological polar surface area (TPSA) is 91.0 Å². The summed E-state index contributed by atoms with van der Waals surface area (Å²) in [5.41, 5.74) is 1.91. The van der Waals surface area contributed by atoms with E-state index in [4.69, 9.17) is 11.6 Å². The Morgan fingerprint density at radius 1 is 1.42 bits per heavy atom. The number of amides is 1. The number of aryl methyl sites for hydroxylation is 1. The Labute approximate surface area is 155 Å². The fourth-order valence-electron chi connectivity index (χ4n) is 2.69. The first-order chi connectivity index (χ1) is 12.4. The van der Waals surface area contributed by atoms with Gasteiger partial charge in [-0.25, -0.2) is 9.50 Å². The molecule has 136 valence electrons. The molecule has 0 saturated carbocycles. The molecule has 8 heteroatoms. The van der Waals surface area contributed by atoms with Crippen LogP contribution in [0.5, 0.6) is 5.75 Å². The number of halogens is 1. The number of hydrogen-bond acceptors (Lipinski definition) is 5. The number of fused-ring (bicyclic) bond motifs is 1. The lowest BCUT2D eigenvalue weighted by Crippen LogP contribution is -2.35. The number of aromatic nitrogens is 3. The van der Waals surface area contributed by atoms with Gasteiger partial charge in [0.25, 0.3) is 5.91 Å². The van der Waals surface area contributed by atoms with Crippen LogP contribution in [0.1, 0.15) is 34.6 Å². The van der Waals surface area contributed by atoms with Gasteiger partial charge in [0.05, 0.1) is 12.6 Å². The summed E-state index contributed by atoms with van der Waals surface area (Å²) in [5.74, 6) is -0.333. The molecule has 1 atom stereocenters. The van der Waals surface area contributed by atoms with E-state index < -0.39 is 6.10 Å². The highest BCUT2D eigenvalue weighted by Gasteiger charge is 2.25. The molecule has 0 aliphatic rings. The highest BCUT2D eigenvalue weighted by Crippen LogP contribution is 2.24. The molecule has 0 bridgehead atoms. The maximum atomic E-state index is 12.9. The van der Waals surface area contributed by atoms with Crippen molar-refractivity contribution in [3.8, 4) is 5.75 Å². The summed E-state index contributed by atoms with van der Waals surface area (Å²) >= 11 is 6.29. The second-order valence-electron chi connectivity index (χ2n) is 6.02. The average molecular weight is 375 g/mol. The number of aliphatic hydroxyl groups excluding tert-OH is 1. The largest absolute Gasteiger partial charge is 0.508 e. The van der Waals surface area contributed by atoms with Crippen molar-refractivity contribution in [1.29, 1.82) is 0 Å². The highest BCUT2D eigenvalue weighted by molar-refractivity contribution is 6.36. The van der Waals surface area contributed by atoms with Crippen LogP contribution in [-0.4, -0.2) is 48.7 Å². The van der Waals surface area contributed by atoms with Crippen molar-refractivity contribution >= 4 is 23.2 Å². The third-order valence-electron chi connectivity index (χ3n) is 4.07. The summed E-state index contributed by atoms with van der Waals surface area (Å²) in [7, 11) is 0. The van der Waals surface area contributed by atoms with E-state index in [1.807, 2.05) is 6.92 Å². The molecule has 1 aromatic carbocycles. The molecule has 7 nitrogen and oxygen atoms in total. The molecule has 2 heterocycles. The van der Waals surface area contributed by atoms with Gasteiger partial charge >= 0.3 is 0 Å². The predicted octanol–water partition coefficient (Wildman–Crippen LogP) is 2.59. The summed E-state index contributed by atoms with van der Waals surface area (Å²) in [4.78, 5) is 18.5.